The van der Waals surface area contributed by atoms with Gasteiger partial charge in [-0.25, -0.2) is 0 Å². The number of rotatable bonds is 7. The van der Waals surface area contributed by atoms with Crippen LogP contribution in [-0.4, -0.2) is 11.7 Å². The molecule has 0 spiro atoms. The number of aromatic carboxylic acids is 1. The Morgan fingerprint density at radius 2 is 1.38 bits per heavy atom. The van der Waals surface area contributed by atoms with Gasteiger partial charge >= 0.3 is 0 Å². The Balaban J connectivity index is 1.80. The van der Waals surface area contributed by atoms with Crippen LogP contribution in [0, 0.1) is 0 Å². The van der Waals surface area contributed by atoms with Crippen molar-refractivity contribution in [1.82, 2.24) is 0 Å². The summed E-state index contributed by atoms with van der Waals surface area (Å²) in [5.41, 5.74) is 7.02. The van der Waals surface area contributed by atoms with Gasteiger partial charge in [-0.05, 0) is 28.8 Å². The van der Waals surface area contributed by atoms with Crippen LogP contribution in [0.5, 0.6) is 0 Å². The van der Waals surface area contributed by atoms with Gasteiger partial charge in [0.05, 0.1) is 11.7 Å². The van der Waals surface area contributed by atoms with E-state index in [4.69, 9.17) is 0 Å². The van der Waals surface area contributed by atoms with Gasteiger partial charge in [0, 0.05) is 18.6 Å². The second kappa shape index (κ2) is 8.62. The molecule has 0 heterocycles. The summed E-state index contributed by atoms with van der Waals surface area (Å²) in [6.07, 6.45) is 1.42. The lowest BCUT2D eigenvalue weighted by molar-refractivity contribution is -0.255. The van der Waals surface area contributed by atoms with E-state index in [1.807, 2.05) is 36.4 Å². The smallest absolute Gasteiger partial charge is 0.0716 e. The van der Waals surface area contributed by atoms with Crippen LogP contribution in [0.25, 0.3) is 0 Å². The minimum Gasteiger partial charge on any atom is -0.545 e. The van der Waals surface area contributed by atoms with E-state index < -0.39 is 5.97 Å². The first kappa shape index (κ1) is 17.4. The normalized spacial score (nSPS) is 10.2. The number of carboxylic acid groups (broad SMARTS) is 1. The van der Waals surface area contributed by atoms with Crippen LogP contribution in [0.1, 0.15) is 21.5 Å². The number of nitrogens with zero attached hydrogens (tertiary/aromatic N) is 1. The van der Waals surface area contributed by atoms with Crippen LogP contribution >= 0.6 is 0 Å². The summed E-state index contributed by atoms with van der Waals surface area (Å²) < 4.78 is 0. The number of benzene rings is 3. The van der Waals surface area contributed by atoms with Crippen molar-refractivity contribution in [2.45, 2.75) is 12.8 Å². The van der Waals surface area contributed by atoms with Gasteiger partial charge < -0.3 is 9.90 Å². The van der Waals surface area contributed by atoms with E-state index in [-0.39, 0.29) is 5.56 Å². The molecule has 4 nitrogen and oxygen atoms in total. The van der Waals surface area contributed by atoms with Crippen molar-refractivity contribution < 1.29 is 9.90 Å². The van der Waals surface area contributed by atoms with E-state index in [1.54, 1.807) is 12.1 Å². The van der Waals surface area contributed by atoms with Gasteiger partial charge in [-0.1, -0.05) is 72.8 Å². The third kappa shape index (κ3) is 5.05. The minimum absolute atomic E-state index is 0.123. The van der Waals surface area contributed by atoms with Crippen LogP contribution in [0.3, 0.4) is 0 Å². The van der Waals surface area contributed by atoms with Crippen molar-refractivity contribution in [2.24, 2.45) is 5.10 Å². The van der Waals surface area contributed by atoms with Gasteiger partial charge in [-0.3, -0.25) is 5.43 Å². The first-order valence-electron chi connectivity index (χ1n) is 8.41. The van der Waals surface area contributed by atoms with E-state index in [0.717, 1.165) is 5.71 Å². The van der Waals surface area contributed by atoms with Gasteiger partial charge in [0.15, 0.2) is 0 Å². The van der Waals surface area contributed by atoms with Crippen LogP contribution in [0.2, 0.25) is 0 Å². The maximum Gasteiger partial charge on any atom is 0.0716 e. The first-order valence-corrected chi connectivity index (χ1v) is 8.41. The Kier molecular flexibility index (Phi) is 5.78. The van der Waals surface area contributed by atoms with Crippen molar-refractivity contribution in [1.29, 1.82) is 0 Å². The lowest BCUT2D eigenvalue weighted by Crippen LogP contribution is -2.22. The van der Waals surface area contributed by atoms with E-state index >= 15 is 0 Å². The molecule has 1 N–H and O–H groups in total. The molecule has 0 aromatic heterocycles. The molecule has 0 aliphatic heterocycles. The van der Waals surface area contributed by atoms with Gasteiger partial charge in [0.1, 0.15) is 0 Å². The van der Waals surface area contributed by atoms with Crippen LogP contribution < -0.4 is 10.5 Å². The molecule has 0 aliphatic carbocycles. The summed E-state index contributed by atoms with van der Waals surface area (Å²) >= 11 is 0. The third-order valence-corrected chi connectivity index (χ3v) is 3.94. The topological polar surface area (TPSA) is 64.5 Å². The van der Waals surface area contributed by atoms with Gasteiger partial charge in [0.25, 0.3) is 0 Å². The molecular weight excluding hydrogens is 324 g/mol. The SMILES string of the molecule is O=C([O-])c1cccc(NN=C(Cc2ccccc2)Cc2ccccc2)c1. The predicted octanol–water partition coefficient (Wildman–Crippen LogP) is 3.30. The summed E-state index contributed by atoms with van der Waals surface area (Å²) in [7, 11) is 0. The largest absolute Gasteiger partial charge is 0.545 e. The molecule has 0 aliphatic rings. The number of carbonyl (C=O) groups is 1. The number of hydrogen-bond donors (Lipinski definition) is 1. The number of carboxylic acids is 1. The molecule has 0 saturated heterocycles. The Labute approximate surface area is 152 Å². The average molecular weight is 343 g/mol. The summed E-state index contributed by atoms with van der Waals surface area (Å²) in [4.78, 5) is 11.0. The number of hydrazone groups is 1. The van der Waals surface area contributed by atoms with Gasteiger partial charge in [-0.15, -0.1) is 0 Å². The number of nitrogens with one attached hydrogen (secondary N) is 1. The molecule has 3 rings (SSSR count). The van der Waals surface area contributed by atoms with E-state index in [1.165, 1.54) is 23.3 Å². The molecule has 0 saturated carbocycles. The number of hydrogen-bond acceptors (Lipinski definition) is 4. The molecule has 130 valence electrons. The molecule has 0 radical (unpaired) electrons. The first-order chi connectivity index (χ1) is 12.7. The maximum absolute atomic E-state index is 11.0. The summed E-state index contributed by atoms with van der Waals surface area (Å²) in [5.74, 6) is -1.20. The Morgan fingerprint density at radius 1 is 0.808 bits per heavy atom. The molecule has 0 atom stereocenters. The molecule has 0 amide bonds. The summed E-state index contributed by atoms with van der Waals surface area (Å²) in [5, 5.41) is 15.5. The fourth-order valence-corrected chi connectivity index (χ4v) is 2.66. The highest BCUT2D eigenvalue weighted by Gasteiger charge is 2.04. The zero-order chi connectivity index (χ0) is 18.2. The van der Waals surface area contributed by atoms with Gasteiger partial charge in [-0.2, -0.15) is 5.10 Å². The van der Waals surface area contributed by atoms with E-state index in [9.17, 15) is 9.90 Å². The molecule has 0 fully saturated rings. The van der Waals surface area contributed by atoms with Crippen molar-refractivity contribution in [3.05, 3.63) is 102 Å². The van der Waals surface area contributed by atoms with E-state index in [2.05, 4.69) is 34.8 Å². The molecule has 0 bridgehead atoms. The van der Waals surface area contributed by atoms with Crippen LogP contribution in [0.15, 0.2) is 90.0 Å². The maximum atomic E-state index is 11.0. The number of anilines is 1. The van der Waals surface area contributed by atoms with Crippen molar-refractivity contribution >= 4 is 17.4 Å². The fourth-order valence-electron chi connectivity index (χ4n) is 2.66. The zero-order valence-electron chi connectivity index (χ0n) is 14.3. The second-order valence-corrected chi connectivity index (χ2v) is 5.98. The van der Waals surface area contributed by atoms with Crippen molar-refractivity contribution in [3.63, 3.8) is 0 Å². The molecule has 3 aromatic rings. The van der Waals surface area contributed by atoms with Crippen LogP contribution in [-0.2, 0) is 12.8 Å². The molecule has 0 unspecified atom stereocenters. The molecule has 26 heavy (non-hydrogen) atoms. The molecule has 3 aromatic carbocycles. The van der Waals surface area contributed by atoms with E-state index in [0.29, 0.717) is 18.5 Å². The molecular formula is C22H19N2O2-. The second-order valence-electron chi connectivity index (χ2n) is 5.98. The average Bonchev–Trinajstić information content (AvgIpc) is 2.68. The quantitative estimate of drug-likeness (QED) is 0.529. The monoisotopic (exact) mass is 343 g/mol. The highest BCUT2D eigenvalue weighted by atomic mass is 16.4. The lowest BCUT2D eigenvalue weighted by atomic mass is 10.0. The summed E-state index contributed by atoms with van der Waals surface area (Å²) in [6, 6.07) is 26.7. The fraction of sp³-hybridized carbons (Fsp3) is 0.0909. The third-order valence-electron chi connectivity index (χ3n) is 3.94. The predicted molar refractivity (Wildman–Crippen MR) is 102 cm³/mol. The van der Waals surface area contributed by atoms with Gasteiger partial charge in [0.2, 0.25) is 0 Å². The van der Waals surface area contributed by atoms with Crippen molar-refractivity contribution in [3.8, 4) is 0 Å². The molecule has 4 heteroatoms. The Morgan fingerprint density at radius 3 is 1.92 bits per heavy atom. The summed E-state index contributed by atoms with van der Waals surface area (Å²) in [6.45, 7) is 0. The highest BCUT2D eigenvalue weighted by Crippen LogP contribution is 2.12. The Bertz CT molecular complexity index is 847. The van der Waals surface area contributed by atoms with Crippen molar-refractivity contribution in [2.75, 3.05) is 5.43 Å². The Hall–Kier alpha value is -3.40. The highest BCUT2D eigenvalue weighted by molar-refractivity contribution is 5.89. The number of carbonyl (C=O) groups excluding carboxylic acids is 1. The minimum atomic E-state index is -1.20. The lowest BCUT2D eigenvalue weighted by Gasteiger charge is -2.10. The zero-order valence-corrected chi connectivity index (χ0v) is 14.3. The van der Waals surface area contributed by atoms with Crippen LogP contribution in [0.4, 0.5) is 5.69 Å². The standard InChI is InChI=1S/C22H20N2O2/c25-22(26)19-12-7-13-20(16-19)23-24-21(14-17-8-3-1-4-9-17)15-18-10-5-2-6-11-18/h1-13,16,23H,14-15H2,(H,25,26)/p-1.